The van der Waals surface area contributed by atoms with Crippen LogP contribution in [0.15, 0.2) is 23.2 Å². The Bertz CT molecular complexity index is 621. The standard InChI is InChI=1S/C16H19F2NO5S/c1-4-23-15(20)13(16(21)24-5-2)14(25-9-22-3)19-10-6-7-11(17)12(18)8-10/h6-8,13H,4-5,9H2,1-3H3. The van der Waals surface area contributed by atoms with Crippen molar-refractivity contribution in [2.24, 2.45) is 10.9 Å². The second-order valence-corrected chi connectivity index (χ2v) is 5.48. The van der Waals surface area contributed by atoms with E-state index in [1.54, 1.807) is 13.8 Å². The molecule has 0 atom stereocenters. The molecule has 0 saturated carbocycles. The molecular weight excluding hydrogens is 356 g/mol. The predicted octanol–water partition coefficient (Wildman–Crippen LogP) is 3.07. The van der Waals surface area contributed by atoms with Gasteiger partial charge in [0.15, 0.2) is 11.6 Å². The van der Waals surface area contributed by atoms with Gasteiger partial charge in [0.05, 0.1) is 24.8 Å². The topological polar surface area (TPSA) is 74.2 Å². The second-order valence-electron chi connectivity index (χ2n) is 4.54. The fraction of sp³-hybridized carbons (Fsp3) is 0.438. The lowest BCUT2D eigenvalue weighted by Crippen LogP contribution is -2.34. The molecule has 0 unspecified atom stereocenters. The summed E-state index contributed by atoms with van der Waals surface area (Å²) in [4.78, 5) is 28.5. The number of carbonyl (C=O) groups is 2. The van der Waals surface area contributed by atoms with E-state index in [-0.39, 0.29) is 29.9 Å². The average molecular weight is 375 g/mol. The van der Waals surface area contributed by atoms with Crippen LogP contribution in [0.25, 0.3) is 0 Å². The quantitative estimate of drug-likeness (QED) is 0.229. The Morgan fingerprint density at radius 2 is 1.72 bits per heavy atom. The monoisotopic (exact) mass is 375 g/mol. The van der Waals surface area contributed by atoms with E-state index in [0.29, 0.717) is 0 Å². The number of ether oxygens (including phenoxy) is 3. The van der Waals surface area contributed by atoms with Gasteiger partial charge in [-0.05, 0) is 26.0 Å². The summed E-state index contributed by atoms with van der Waals surface area (Å²) in [5, 5.41) is 0.00441. The minimum Gasteiger partial charge on any atom is -0.465 e. The summed E-state index contributed by atoms with van der Waals surface area (Å²) >= 11 is 0.953. The molecule has 1 rings (SSSR count). The number of nitrogens with zero attached hydrogens (tertiary/aromatic N) is 1. The van der Waals surface area contributed by atoms with E-state index in [4.69, 9.17) is 14.2 Å². The highest BCUT2D eigenvalue weighted by molar-refractivity contribution is 8.14. The molecule has 0 spiro atoms. The predicted molar refractivity (Wildman–Crippen MR) is 89.7 cm³/mol. The molecule has 1 aromatic carbocycles. The number of rotatable bonds is 8. The Kier molecular flexibility index (Phi) is 9.07. The van der Waals surface area contributed by atoms with Crippen LogP contribution in [0.2, 0.25) is 0 Å². The van der Waals surface area contributed by atoms with Crippen molar-refractivity contribution in [1.82, 2.24) is 0 Å². The first-order valence-corrected chi connectivity index (χ1v) is 8.41. The number of hydrogen-bond donors (Lipinski definition) is 0. The third kappa shape index (κ3) is 6.43. The largest absolute Gasteiger partial charge is 0.465 e. The molecule has 0 aliphatic heterocycles. The van der Waals surface area contributed by atoms with Crippen LogP contribution in [-0.4, -0.2) is 43.2 Å². The normalized spacial score (nSPS) is 11.5. The van der Waals surface area contributed by atoms with Gasteiger partial charge < -0.3 is 14.2 Å². The molecule has 0 N–H and O–H groups in total. The first-order valence-electron chi connectivity index (χ1n) is 7.43. The van der Waals surface area contributed by atoms with Gasteiger partial charge in [0.25, 0.3) is 0 Å². The molecule has 0 fully saturated rings. The number of carbonyl (C=O) groups excluding carboxylic acids is 2. The first-order chi connectivity index (χ1) is 11.9. The highest BCUT2D eigenvalue weighted by Crippen LogP contribution is 2.24. The van der Waals surface area contributed by atoms with Gasteiger partial charge in [-0.3, -0.25) is 9.59 Å². The minimum atomic E-state index is -1.44. The lowest BCUT2D eigenvalue weighted by Gasteiger charge is -2.16. The Balaban J connectivity index is 3.29. The molecule has 6 nitrogen and oxygen atoms in total. The van der Waals surface area contributed by atoms with E-state index in [1.807, 2.05) is 0 Å². The van der Waals surface area contributed by atoms with Crippen molar-refractivity contribution in [3.05, 3.63) is 29.8 Å². The molecule has 0 bridgehead atoms. The molecule has 25 heavy (non-hydrogen) atoms. The summed E-state index contributed by atoms with van der Waals surface area (Å²) in [6.45, 7) is 3.30. The minimum absolute atomic E-state index is 0.00441. The van der Waals surface area contributed by atoms with Gasteiger partial charge in [-0.2, -0.15) is 0 Å². The summed E-state index contributed by atoms with van der Waals surface area (Å²) in [6.07, 6.45) is 0. The Hall–Kier alpha value is -2.00. The number of hydrogen-bond acceptors (Lipinski definition) is 7. The van der Waals surface area contributed by atoms with Crippen molar-refractivity contribution in [2.75, 3.05) is 26.3 Å². The van der Waals surface area contributed by atoms with E-state index in [0.717, 1.165) is 23.9 Å². The van der Waals surface area contributed by atoms with Crippen molar-refractivity contribution in [3.8, 4) is 0 Å². The highest BCUT2D eigenvalue weighted by atomic mass is 32.2. The summed E-state index contributed by atoms with van der Waals surface area (Å²) in [5.41, 5.74) is 0.0381. The third-order valence-electron chi connectivity index (χ3n) is 2.76. The number of esters is 2. The third-order valence-corrected chi connectivity index (χ3v) is 3.73. The maximum atomic E-state index is 13.4. The maximum absolute atomic E-state index is 13.4. The van der Waals surface area contributed by atoms with Crippen LogP contribution < -0.4 is 0 Å². The van der Waals surface area contributed by atoms with Gasteiger partial charge >= 0.3 is 11.9 Å². The molecule has 138 valence electrons. The lowest BCUT2D eigenvalue weighted by molar-refractivity contribution is -0.157. The zero-order valence-corrected chi connectivity index (χ0v) is 14.9. The summed E-state index contributed by atoms with van der Waals surface area (Å²) in [5.74, 6) is -5.17. The van der Waals surface area contributed by atoms with Crippen LogP contribution in [0.3, 0.4) is 0 Å². The maximum Gasteiger partial charge on any atom is 0.327 e. The Labute approximate surface area is 148 Å². The fourth-order valence-electron chi connectivity index (χ4n) is 1.73. The van der Waals surface area contributed by atoms with Crippen LogP contribution in [0.5, 0.6) is 0 Å². The van der Waals surface area contributed by atoms with E-state index in [1.165, 1.54) is 13.2 Å². The van der Waals surface area contributed by atoms with Crippen molar-refractivity contribution < 1.29 is 32.6 Å². The van der Waals surface area contributed by atoms with Gasteiger partial charge in [-0.25, -0.2) is 13.8 Å². The number of benzene rings is 1. The fourth-order valence-corrected chi connectivity index (χ4v) is 2.50. The number of halogens is 2. The first kappa shape index (κ1) is 21.0. The molecule has 1 aromatic rings. The van der Waals surface area contributed by atoms with Crippen molar-refractivity contribution in [1.29, 1.82) is 0 Å². The van der Waals surface area contributed by atoms with Crippen molar-refractivity contribution in [3.63, 3.8) is 0 Å². The highest BCUT2D eigenvalue weighted by Gasteiger charge is 2.35. The zero-order valence-electron chi connectivity index (χ0n) is 14.1. The van der Waals surface area contributed by atoms with Gasteiger partial charge in [0.2, 0.25) is 5.92 Å². The summed E-state index contributed by atoms with van der Waals surface area (Å²) in [7, 11) is 1.42. The smallest absolute Gasteiger partial charge is 0.327 e. The Morgan fingerprint density at radius 3 is 2.20 bits per heavy atom. The number of thioether (sulfide) groups is 1. The molecular formula is C16H19F2NO5S. The lowest BCUT2D eigenvalue weighted by atomic mass is 10.1. The van der Waals surface area contributed by atoms with Crippen LogP contribution in [0, 0.1) is 17.6 Å². The van der Waals surface area contributed by atoms with E-state index in [2.05, 4.69) is 4.99 Å². The van der Waals surface area contributed by atoms with E-state index >= 15 is 0 Å². The molecule has 0 saturated heterocycles. The summed E-state index contributed by atoms with van der Waals surface area (Å²) in [6, 6.07) is 2.98. The molecule has 9 heteroatoms. The van der Waals surface area contributed by atoms with Crippen LogP contribution >= 0.6 is 11.8 Å². The van der Waals surface area contributed by atoms with Gasteiger partial charge in [-0.15, -0.1) is 0 Å². The summed E-state index contributed by atoms with van der Waals surface area (Å²) < 4.78 is 41.2. The molecule has 0 aliphatic rings. The van der Waals surface area contributed by atoms with Gasteiger partial charge in [-0.1, -0.05) is 11.8 Å². The van der Waals surface area contributed by atoms with Crippen molar-refractivity contribution >= 4 is 34.4 Å². The van der Waals surface area contributed by atoms with Gasteiger partial charge in [0, 0.05) is 13.2 Å². The van der Waals surface area contributed by atoms with Crippen LogP contribution in [0.4, 0.5) is 14.5 Å². The second kappa shape index (κ2) is 10.8. The number of methoxy groups -OCH3 is 1. The van der Waals surface area contributed by atoms with Crippen molar-refractivity contribution in [2.45, 2.75) is 13.8 Å². The van der Waals surface area contributed by atoms with E-state index in [9.17, 15) is 18.4 Å². The number of aliphatic imine (C=N–C) groups is 1. The molecule has 0 aliphatic carbocycles. The zero-order chi connectivity index (χ0) is 18.8. The molecule has 0 aromatic heterocycles. The SMILES string of the molecule is CCOC(=O)C(C(=O)OCC)C(=Nc1ccc(F)c(F)c1)SCOC. The molecule has 0 amide bonds. The van der Waals surface area contributed by atoms with Crippen LogP contribution in [0.1, 0.15) is 13.8 Å². The molecule has 0 radical (unpaired) electrons. The molecule has 0 heterocycles. The van der Waals surface area contributed by atoms with Crippen LogP contribution in [-0.2, 0) is 23.8 Å². The Morgan fingerprint density at radius 1 is 1.12 bits per heavy atom. The average Bonchev–Trinajstić information content (AvgIpc) is 2.56. The van der Waals surface area contributed by atoms with Gasteiger partial charge in [0.1, 0.15) is 5.04 Å². The van der Waals surface area contributed by atoms with E-state index < -0.39 is 29.5 Å².